The molecule has 0 saturated carbocycles. The summed E-state index contributed by atoms with van der Waals surface area (Å²) in [7, 11) is 0. The van der Waals surface area contributed by atoms with E-state index in [0.717, 1.165) is 24.5 Å². The molecule has 0 fully saturated rings. The van der Waals surface area contributed by atoms with E-state index in [1.165, 1.54) is 0 Å². The largest absolute Gasteiger partial charge is 0.351 e. The molecule has 2 aromatic rings. The van der Waals surface area contributed by atoms with Crippen molar-refractivity contribution < 1.29 is 19.2 Å². The number of hydrogen-bond donors (Lipinski definition) is 2. The van der Waals surface area contributed by atoms with Crippen molar-refractivity contribution in [3.05, 3.63) is 65.2 Å². The molecule has 2 N–H and O–H groups in total. The molecule has 0 saturated heterocycles. The molecule has 1 aliphatic heterocycles. The van der Waals surface area contributed by atoms with Crippen LogP contribution in [0.4, 0.5) is 5.69 Å². The second-order valence-corrected chi connectivity index (χ2v) is 7.47. The maximum absolute atomic E-state index is 12.4. The van der Waals surface area contributed by atoms with E-state index in [1.54, 1.807) is 48.5 Å². The standard InChI is InChI=1S/C24H28N4O4/c1-3-27(4-2)16-14-25-22(30)17-9-11-18(12-10-17)26-21(29)13-15-28-23(31)19-7-5-6-8-20(19)24(28)32/h5-12H,3-4,13-16H2,1-2H3,(H,25,30)(H,26,29). The molecule has 0 aromatic heterocycles. The van der Waals surface area contributed by atoms with Crippen LogP contribution < -0.4 is 10.6 Å². The minimum absolute atomic E-state index is 0.00517. The predicted molar refractivity (Wildman–Crippen MR) is 122 cm³/mol. The van der Waals surface area contributed by atoms with Crippen molar-refractivity contribution in [2.75, 3.05) is 38.0 Å². The van der Waals surface area contributed by atoms with Gasteiger partial charge in [-0.05, 0) is 49.5 Å². The first-order valence-corrected chi connectivity index (χ1v) is 10.8. The van der Waals surface area contributed by atoms with Gasteiger partial charge in [-0.15, -0.1) is 0 Å². The highest BCUT2D eigenvalue weighted by Crippen LogP contribution is 2.22. The fourth-order valence-corrected chi connectivity index (χ4v) is 3.55. The number of carbonyl (C=O) groups is 4. The third-order valence-electron chi connectivity index (χ3n) is 5.48. The van der Waals surface area contributed by atoms with Crippen molar-refractivity contribution in [1.82, 2.24) is 15.1 Å². The maximum atomic E-state index is 12.4. The van der Waals surface area contributed by atoms with Gasteiger partial charge < -0.3 is 15.5 Å². The molecule has 168 valence electrons. The highest BCUT2D eigenvalue weighted by atomic mass is 16.2. The maximum Gasteiger partial charge on any atom is 0.261 e. The van der Waals surface area contributed by atoms with Crippen LogP contribution in [-0.4, -0.2) is 66.2 Å². The average molecular weight is 437 g/mol. The topological polar surface area (TPSA) is 98.8 Å². The predicted octanol–water partition coefficient (Wildman–Crippen LogP) is 2.38. The number of anilines is 1. The summed E-state index contributed by atoms with van der Waals surface area (Å²) in [6.45, 7) is 7.40. The Kier molecular flexibility index (Phi) is 7.72. The summed E-state index contributed by atoms with van der Waals surface area (Å²) in [4.78, 5) is 52.6. The van der Waals surface area contributed by atoms with Gasteiger partial charge in [0.05, 0.1) is 11.1 Å². The lowest BCUT2D eigenvalue weighted by Crippen LogP contribution is -2.34. The van der Waals surface area contributed by atoms with E-state index in [9.17, 15) is 19.2 Å². The molecule has 0 unspecified atom stereocenters. The van der Waals surface area contributed by atoms with Gasteiger partial charge in [-0.25, -0.2) is 0 Å². The van der Waals surface area contributed by atoms with Crippen LogP contribution in [0.5, 0.6) is 0 Å². The van der Waals surface area contributed by atoms with Gasteiger partial charge in [0, 0.05) is 37.3 Å². The second-order valence-electron chi connectivity index (χ2n) is 7.47. The SMILES string of the molecule is CCN(CC)CCNC(=O)c1ccc(NC(=O)CCN2C(=O)c3ccccc3C2=O)cc1. The highest BCUT2D eigenvalue weighted by Gasteiger charge is 2.34. The number of nitrogens with zero attached hydrogens (tertiary/aromatic N) is 2. The first-order valence-electron chi connectivity index (χ1n) is 10.8. The summed E-state index contributed by atoms with van der Waals surface area (Å²) in [6.07, 6.45) is -0.0148. The Balaban J connectivity index is 1.46. The Bertz CT molecular complexity index is 964. The summed E-state index contributed by atoms with van der Waals surface area (Å²) in [6, 6.07) is 13.2. The Hall–Kier alpha value is -3.52. The van der Waals surface area contributed by atoms with Crippen LogP contribution in [0.2, 0.25) is 0 Å². The Morgan fingerprint density at radius 1 is 0.906 bits per heavy atom. The monoisotopic (exact) mass is 436 g/mol. The zero-order valence-electron chi connectivity index (χ0n) is 18.4. The second kappa shape index (κ2) is 10.7. The smallest absolute Gasteiger partial charge is 0.261 e. The van der Waals surface area contributed by atoms with Crippen LogP contribution >= 0.6 is 0 Å². The number of carbonyl (C=O) groups excluding carboxylic acids is 4. The number of imide groups is 1. The number of amides is 4. The van der Waals surface area contributed by atoms with Crippen LogP contribution in [0.1, 0.15) is 51.3 Å². The molecule has 1 heterocycles. The Morgan fingerprint density at radius 3 is 2.06 bits per heavy atom. The molecule has 0 spiro atoms. The van der Waals surface area contributed by atoms with Gasteiger partial charge in [0.15, 0.2) is 0 Å². The van der Waals surface area contributed by atoms with Crippen LogP contribution in [0, 0.1) is 0 Å². The molecule has 1 aliphatic rings. The molecule has 2 aromatic carbocycles. The van der Waals surface area contributed by atoms with Crippen molar-refractivity contribution in [2.24, 2.45) is 0 Å². The van der Waals surface area contributed by atoms with Crippen molar-refractivity contribution in [1.29, 1.82) is 0 Å². The van der Waals surface area contributed by atoms with Gasteiger partial charge in [0.1, 0.15) is 0 Å². The van der Waals surface area contributed by atoms with Crippen LogP contribution in [0.3, 0.4) is 0 Å². The van der Waals surface area contributed by atoms with E-state index < -0.39 is 0 Å². The van der Waals surface area contributed by atoms with E-state index in [2.05, 4.69) is 29.4 Å². The normalized spacial score (nSPS) is 12.8. The van der Waals surface area contributed by atoms with E-state index in [4.69, 9.17) is 0 Å². The number of hydrogen-bond acceptors (Lipinski definition) is 5. The highest BCUT2D eigenvalue weighted by molar-refractivity contribution is 6.21. The summed E-state index contributed by atoms with van der Waals surface area (Å²) >= 11 is 0. The number of fused-ring (bicyclic) bond motifs is 1. The van der Waals surface area contributed by atoms with Crippen molar-refractivity contribution in [3.8, 4) is 0 Å². The fraction of sp³-hybridized carbons (Fsp3) is 0.333. The number of nitrogens with one attached hydrogen (secondary N) is 2. The van der Waals surface area contributed by atoms with Crippen molar-refractivity contribution in [3.63, 3.8) is 0 Å². The van der Waals surface area contributed by atoms with Gasteiger partial charge in [0.25, 0.3) is 17.7 Å². The molecule has 4 amide bonds. The third-order valence-corrected chi connectivity index (χ3v) is 5.48. The van der Waals surface area contributed by atoms with E-state index in [1.807, 2.05) is 0 Å². The van der Waals surface area contributed by atoms with Crippen LogP contribution in [-0.2, 0) is 4.79 Å². The lowest BCUT2D eigenvalue weighted by molar-refractivity contribution is -0.116. The van der Waals surface area contributed by atoms with Gasteiger partial charge >= 0.3 is 0 Å². The van der Waals surface area contributed by atoms with Crippen molar-refractivity contribution in [2.45, 2.75) is 20.3 Å². The zero-order valence-corrected chi connectivity index (χ0v) is 18.4. The fourth-order valence-electron chi connectivity index (χ4n) is 3.55. The number of likely N-dealkylation sites (N-methyl/N-ethyl adjacent to an activating group) is 1. The van der Waals surface area contributed by atoms with E-state index in [-0.39, 0.29) is 36.6 Å². The van der Waals surface area contributed by atoms with E-state index in [0.29, 0.717) is 28.9 Å². The van der Waals surface area contributed by atoms with Crippen molar-refractivity contribution >= 4 is 29.3 Å². The summed E-state index contributed by atoms with van der Waals surface area (Å²) in [5.74, 6) is -1.25. The van der Waals surface area contributed by atoms with Gasteiger partial charge in [-0.2, -0.15) is 0 Å². The molecule has 0 bridgehead atoms. The van der Waals surface area contributed by atoms with Gasteiger partial charge in [0.2, 0.25) is 5.91 Å². The average Bonchev–Trinajstić information content (AvgIpc) is 3.05. The molecule has 0 aliphatic carbocycles. The minimum Gasteiger partial charge on any atom is -0.351 e. The summed E-state index contributed by atoms with van der Waals surface area (Å²) in [5, 5.41) is 5.62. The summed E-state index contributed by atoms with van der Waals surface area (Å²) < 4.78 is 0. The Labute approximate surface area is 187 Å². The molecule has 8 nitrogen and oxygen atoms in total. The van der Waals surface area contributed by atoms with Gasteiger partial charge in [-0.3, -0.25) is 24.1 Å². The third kappa shape index (κ3) is 5.39. The molecule has 3 rings (SSSR count). The molecular weight excluding hydrogens is 408 g/mol. The Morgan fingerprint density at radius 2 is 1.50 bits per heavy atom. The molecule has 32 heavy (non-hydrogen) atoms. The first kappa shape index (κ1) is 23.1. The van der Waals surface area contributed by atoms with Crippen LogP contribution in [0.15, 0.2) is 48.5 Å². The van der Waals surface area contributed by atoms with Crippen LogP contribution in [0.25, 0.3) is 0 Å². The quantitative estimate of drug-likeness (QED) is 0.557. The summed E-state index contributed by atoms with van der Waals surface area (Å²) in [5.41, 5.74) is 1.78. The lowest BCUT2D eigenvalue weighted by Gasteiger charge is -2.18. The first-order chi connectivity index (χ1) is 15.4. The molecular formula is C24H28N4O4. The molecule has 8 heteroatoms. The zero-order chi connectivity index (χ0) is 23.1. The number of benzene rings is 2. The number of rotatable bonds is 10. The van der Waals surface area contributed by atoms with Gasteiger partial charge in [-0.1, -0.05) is 26.0 Å². The van der Waals surface area contributed by atoms with E-state index >= 15 is 0 Å². The minimum atomic E-state index is -0.380. The lowest BCUT2D eigenvalue weighted by atomic mass is 10.1. The molecule has 0 radical (unpaired) electrons. The molecule has 0 atom stereocenters.